The van der Waals surface area contributed by atoms with Gasteiger partial charge in [0.25, 0.3) is 0 Å². The standard InChI is InChI=1S/C36H73N7O6/c1-25(2)13-38(14-26(3)4)19-31(44)21-41-34(46)42(22-32(45)20-39(15-27(5)6)16-28(7)8)36(48)43(35(41)47)24-33(49-37)23-40(17-29(9)10)18-30(11)12/h25-33,44-45H,13-24,37H2,1-12H3. The molecule has 0 fully saturated rings. The van der Waals surface area contributed by atoms with Crippen molar-refractivity contribution in [2.24, 2.45) is 41.4 Å². The number of aliphatic hydroxyl groups excluding tert-OH is 2. The zero-order valence-corrected chi connectivity index (χ0v) is 33.0. The molecule has 49 heavy (non-hydrogen) atoms. The molecule has 4 N–H and O–H groups in total. The van der Waals surface area contributed by atoms with Gasteiger partial charge in [-0.05, 0) is 35.5 Å². The van der Waals surface area contributed by atoms with E-state index in [1.807, 2.05) is 0 Å². The SMILES string of the molecule is CC(C)CN(CC(C)C)CC(O)Cn1c(=O)n(CC(O)CN(CC(C)C)CC(C)C)c(=O)n(CC(CN(CC(C)C)CC(C)C)ON)c1=O. The van der Waals surface area contributed by atoms with Crippen LogP contribution in [0.3, 0.4) is 0 Å². The zero-order chi connectivity index (χ0) is 37.6. The zero-order valence-electron chi connectivity index (χ0n) is 33.0. The van der Waals surface area contributed by atoms with Gasteiger partial charge in [-0.25, -0.2) is 34.0 Å². The highest BCUT2D eigenvalue weighted by atomic mass is 16.6. The summed E-state index contributed by atoms with van der Waals surface area (Å²) < 4.78 is 2.83. The molecule has 0 aromatic carbocycles. The van der Waals surface area contributed by atoms with Crippen molar-refractivity contribution in [3.05, 3.63) is 31.5 Å². The first-order valence-electron chi connectivity index (χ1n) is 18.6. The fourth-order valence-electron chi connectivity index (χ4n) is 6.69. The Morgan fingerprint density at radius 3 is 0.959 bits per heavy atom. The van der Waals surface area contributed by atoms with Crippen LogP contribution in [0.2, 0.25) is 0 Å². The number of rotatable bonds is 25. The number of nitrogens with zero attached hydrogens (tertiary/aromatic N) is 6. The first kappa shape index (κ1) is 45.2. The van der Waals surface area contributed by atoms with Crippen molar-refractivity contribution < 1.29 is 15.1 Å². The lowest BCUT2D eigenvalue weighted by Gasteiger charge is -2.30. The maximum absolute atomic E-state index is 13.9. The third-order valence-corrected chi connectivity index (χ3v) is 7.89. The van der Waals surface area contributed by atoms with Crippen molar-refractivity contribution in [3.63, 3.8) is 0 Å². The Labute approximate surface area is 296 Å². The summed E-state index contributed by atoms with van der Waals surface area (Å²) in [4.78, 5) is 53.6. The van der Waals surface area contributed by atoms with Gasteiger partial charge < -0.3 is 24.9 Å². The molecule has 1 rings (SSSR count). The normalized spacial score (nSPS) is 14.7. The van der Waals surface area contributed by atoms with Crippen molar-refractivity contribution >= 4 is 0 Å². The van der Waals surface area contributed by atoms with Gasteiger partial charge in [0, 0.05) is 58.9 Å². The topological polar surface area (TPSA) is 151 Å². The highest BCUT2D eigenvalue weighted by Crippen LogP contribution is 2.09. The monoisotopic (exact) mass is 700 g/mol. The molecule has 3 unspecified atom stereocenters. The summed E-state index contributed by atoms with van der Waals surface area (Å²) >= 11 is 0. The molecule has 0 aliphatic rings. The Balaban J connectivity index is 3.64. The Bertz CT molecular complexity index is 1140. The second-order valence-corrected chi connectivity index (χ2v) is 16.8. The lowest BCUT2D eigenvalue weighted by atomic mass is 10.1. The molecule has 13 heteroatoms. The van der Waals surface area contributed by atoms with E-state index in [4.69, 9.17) is 10.7 Å². The van der Waals surface area contributed by atoms with Gasteiger partial charge in [-0.2, -0.15) is 0 Å². The highest BCUT2D eigenvalue weighted by Gasteiger charge is 2.25. The van der Waals surface area contributed by atoms with Crippen LogP contribution >= 0.6 is 0 Å². The molecule has 1 aromatic rings. The number of hydrogen-bond acceptors (Lipinski definition) is 10. The number of aliphatic hydroxyl groups is 2. The average molecular weight is 700 g/mol. The molecule has 0 spiro atoms. The molecule has 0 bridgehead atoms. The summed E-state index contributed by atoms with van der Waals surface area (Å²) in [6.45, 7) is 30.0. The van der Waals surface area contributed by atoms with E-state index in [2.05, 4.69) is 97.8 Å². The predicted octanol–water partition coefficient (Wildman–Crippen LogP) is 1.99. The van der Waals surface area contributed by atoms with E-state index in [1.54, 1.807) is 0 Å². The Hall–Kier alpha value is -1.87. The molecular formula is C36H73N7O6. The second kappa shape index (κ2) is 22.1. The Morgan fingerprint density at radius 1 is 0.469 bits per heavy atom. The van der Waals surface area contributed by atoms with Crippen molar-refractivity contribution in [2.45, 2.75) is 121 Å². The van der Waals surface area contributed by atoms with Gasteiger partial charge in [0.05, 0.1) is 31.8 Å². The minimum atomic E-state index is -1.05. The molecule has 0 saturated carbocycles. The summed E-state index contributed by atoms with van der Waals surface area (Å²) in [5.41, 5.74) is -2.52. The molecule has 3 atom stereocenters. The quantitative estimate of drug-likeness (QED) is 0.129. The first-order chi connectivity index (χ1) is 22.7. The second-order valence-electron chi connectivity index (χ2n) is 16.8. The largest absolute Gasteiger partial charge is 0.390 e. The molecule has 0 aliphatic carbocycles. The van der Waals surface area contributed by atoms with Crippen molar-refractivity contribution in [1.82, 2.24) is 28.4 Å². The predicted molar refractivity (Wildman–Crippen MR) is 199 cm³/mol. The third-order valence-electron chi connectivity index (χ3n) is 7.89. The molecule has 0 amide bonds. The Morgan fingerprint density at radius 2 is 0.714 bits per heavy atom. The van der Waals surface area contributed by atoms with Crippen LogP contribution in [-0.2, 0) is 24.5 Å². The molecule has 0 saturated heterocycles. The van der Waals surface area contributed by atoms with Gasteiger partial charge in [-0.3, -0.25) is 4.84 Å². The van der Waals surface area contributed by atoms with Gasteiger partial charge in [0.15, 0.2) is 0 Å². The smallest absolute Gasteiger partial charge is 0.336 e. The summed E-state index contributed by atoms with van der Waals surface area (Å²) in [6.07, 6.45) is -2.82. The van der Waals surface area contributed by atoms with Crippen molar-refractivity contribution in [1.29, 1.82) is 0 Å². The van der Waals surface area contributed by atoms with Crippen LogP contribution in [0.5, 0.6) is 0 Å². The third kappa shape index (κ3) is 17.3. The number of nitrogens with two attached hydrogens (primary N) is 1. The molecule has 0 aliphatic heterocycles. The van der Waals surface area contributed by atoms with Gasteiger partial charge in [0.2, 0.25) is 0 Å². The average Bonchev–Trinajstić information content (AvgIpc) is 2.92. The minimum Gasteiger partial charge on any atom is -0.390 e. The van der Waals surface area contributed by atoms with E-state index in [0.717, 1.165) is 53.0 Å². The lowest BCUT2D eigenvalue weighted by molar-refractivity contribution is 0.00733. The summed E-state index contributed by atoms with van der Waals surface area (Å²) in [5, 5.41) is 22.5. The van der Waals surface area contributed by atoms with Gasteiger partial charge in [-0.15, -0.1) is 0 Å². The molecule has 0 radical (unpaired) electrons. The first-order valence-corrected chi connectivity index (χ1v) is 18.6. The van der Waals surface area contributed by atoms with Gasteiger partial charge in [0.1, 0.15) is 6.10 Å². The molecule has 1 aromatic heterocycles. The number of aromatic nitrogens is 3. The lowest BCUT2D eigenvalue weighted by Crippen LogP contribution is -2.58. The van der Waals surface area contributed by atoms with E-state index < -0.39 is 35.4 Å². The molecule has 288 valence electrons. The van der Waals surface area contributed by atoms with Crippen LogP contribution in [0.15, 0.2) is 14.4 Å². The van der Waals surface area contributed by atoms with Crippen molar-refractivity contribution in [2.75, 3.05) is 58.9 Å². The summed E-state index contributed by atoms with van der Waals surface area (Å²) in [7, 11) is 0. The van der Waals surface area contributed by atoms with Crippen LogP contribution in [0, 0.1) is 35.5 Å². The maximum atomic E-state index is 13.9. The van der Waals surface area contributed by atoms with Crippen LogP contribution < -0.4 is 23.0 Å². The highest BCUT2D eigenvalue weighted by molar-refractivity contribution is 4.84. The van der Waals surface area contributed by atoms with Gasteiger partial charge in [-0.1, -0.05) is 83.1 Å². The van der Waals surface area contributed by atoms with E-state index >= 15 is 0 Å². The molecule has 1 heterocycles. The van der Waals surface area contributed by atoms with Crippen LogP contribution in [-0.4, -0.2) is 116 Å². The van der Waals surface area contributed by atoms with E-state index in [9.17, 15) is 24.6 Å². The maximum Gasteiger partial charge on any atom is 0.336 e. The van der Waals surface area contributed by atoms with Gasteiger partial charge >= 0.3 is 17.1 Å². The minimum absolute atomic E-state index is 0.188. The fourth-order valence-corrected chi connectivity index (χ4v) is 6.69. The fraction of sp³-hybridized carbons (Fsp3) is 0.917. The van der Waals surface area contributed by atoms with Crippen molar-refractivity contribution in [3.8, 4) is 0 Å². The summed E-state index contributed by atoms with van der Waals surface area (Å²) in [6, 6.07) is 0. The van der Waals surface area contributed by atoms with Crippen LogP contribution in [0.1, 0.15) is 83.1 Å². The van der Waals surface area contributed by atoms with E-state index in [-0.39, 0.29) is 32.7 Å². The number of hydrogen-bond donors (Lipinski definition) is 3. The van der Waals surface area contributed by atoms with E-state index in [1.165, 1.54) is 0 Å². The summed E-state index contributed by atoms with van der Waals surface area (Å²) in [5.74, 6) is 7.95. The van der Waals surface area contributed by atoms with E-state index in [0.29, 0.717) is 42.1 Å². The molecule has 13 nitrogen and oxygen atoms in total. The van der Waals surface area contributed by atoms with Crippen LogP contribution in [0.25, 0.3) is 0 Å². The Kier molecular flexibility index (Phi) is 20.4. The van der Waals surface area contributed by atoms with Crippen LogP contribution in [0.4, 0.5) is 0 Å². The molecular weight excluding hydrogens is 626 g/mol.